The van der Waals surface area contributed by atoms with E-state index in [1.54, 1.807) is 18.0 Å². The van der Waals surface area contributed by atoms with E-state index < -0.39 is 17.4 Å². The van der Waals surface area contributed by atoms with Gasteiger partial charge in [-0.15, -0.1) is 0 Å². The minimum absolute atomic E-state index is 0.0220. The molecule has 1 aliphatic heterocycles. The van der Waals surface area contributed by atoms with E-state index in [1.165, 1.54) is 6.92 Å². The van der Waals surface area contributed by atoms with Crippen LogP contribution in [0, 0.1) is 11.3 Å². The molecule has 0 radical (unpaired) electrons. The van der Waals surface area contributed by atoms with Crippen molar-refractivity contribution in [2.24, 2.45) is 11.3 Å². The van der Waals surface area contributed by atoms with E-state index in [1.807, 2.05) is 34.6 Å². The van der Waals surface area contributed by atoms with Crippen LogP contribution in [-0.4, -0.2) is 70.4 Å². The molecule has 4 atom stereocenters. The minimum atomic E-state index is -1.00. The van der Waals surface area contributed by atoms with E-state index in [0.29, 0.717) is 6.04 Å². The van der Waals surface area contributed by atoms with Crippen LogP contribution in [0.15, 0.2) is 11.6 Å². The number of hydrogen-bond donors (Lipinski definition) is 2. The van der Waals surface area contributed by atoms with E-state index in [9.17, 15) is 19.5 Å². The van der Waals surface area contributed by atoms with Crippen molar-refractivity contribution in [1.29, 1.82) is 0 Å². The first-order valence-electron chi connectivity index (χ1n) is 12.0. The molecule has 0 aromatic rings. The summed E-state index contributed by atoms with van der Waals surface area (Å²) >= 11 is 0. The van der Waals surface area contributed by atoms with Gasteiger partial charge >= 0.3 is 5.97 Å². The fourth-order valence-corrected chi connectivity index (χ4v) is 4.31. The summed E-state index contributed by atoms with van der Waals surface area (Å²) in [5.74, 6) is -1.27. The zero-order chi connectivity index (χ0) is 24.8. The number of likely N-dealkylation sites (tertiary alicyclic amines) is 1. The maximum Gasteiger partial charge on any atom is 0.331 e. The molecule has 4 unspecified atom stereocenters. The molecule has 7 heteroatoms. The van der Waals surface area contributed by atoms with E-state index >= 15 is 0 Å². The topological polar surface area (TPSA) is 90.0 Å². The molecule has 32 heavy (non-hydrogen) atoms. The SMILES string of the molecule is CCC(C)N1CCCCC1C(=O)NC(C(=O)N(C)C(/C=C(\C)C(=O)O)C(C)C)C(C)(C)C. The summed E-state index contributed by atoms with van der Waals surface area (Å²) in [5.41, 5.74) is -0.296. The van der Waals surface area contributed by atoms with Crippen molar-refractivity contribution in [3.63, 3.8) is 0 Å². The van der Waals surface area contributed by atoms with Crippen LogP contribution in [0.4, 0.5) is 0 Å². The number of carbonyl (C=O) groups excluding carboxylic acids is 2. The van der Waals surface area contributed by atoms with Gasteiger partial charge in [-0.2, -0.15) is 0 Å². The van der Waals surface area contributed by atoms with Crippen molar-refractivity contribution in [2.45, 2.75) is 105 Å². The van der Waals surface area contributed by atoms with Crippen LogP contribution in [0.3, 0.4) is 0 Å². The molecule has 1 rings (SSSR count). The van der Waals surface area contributed by atoms with Gasteiger partial charge in [-0.3, -0.25) is 14.5 Å². The molecule has 1 fully saturated rings. The standard InChI is InChI=1S/C25H45N3O4/c1-10-18(5)28-14-12-11-13-19(28)22(29)26-21(25(6,7)8)23(30)27(9)20(16(2)3)15-17(4)24(31)32/h15-16,18-21H,10-14H2,1-9H3,(H,26,29)(H,31,32)/b17-15+. The Labute approximate surface area is 194 Å². The zero-order valence-corrected chi connectivity index (χ0v) is 21.6. The van der Waals surface area contributed by atoms with Gasteiger partial charge in [0.25, 0.3) is 0 Å². The van der Waals surface area contributed by atoms with Gasteiger partial charge in [0.05, 0.1) is 12.1 Å². The highest BCUT2D eigenvalue weighted by Crippen LogP contribution is 2.26. The zero-order valence-electron chi connectivity index (χ0n) is 21.6. The predicted octanol–water partition coefficient (Wildman–Crippen LogP) is 3.68. The number of carboxylic acid groups (broad SMARTS) is 1. The van der Waals surface area contributed by atoms with Gasteiger partial charge < -0.3 is 15.3 Å². The van der Waals surface area contributed by atoms with Crippen LogP contribution in [0.2, 0.25) is 0 Å². The van der Waals surface area contributed by atoms with Crippen LogP contribution in [0.25, 0.3) is 0 Å². The van der Waals surface area contributed by atoms with Crippen LogP contribution >= 0.6 is 0 Å². The first-order valence-corrected chi connectivity index (χ1v) is 12.0. The Kier molecular flexibility index (Phi) is 10.4. The average Bonchev–Trinajstić information content (AvgIpc) is 2.72. The van der Waals surface area contributed by atoms with Crippen molar-refractivity contribution < 1.29 is 19.5 Å². The second-order valence-electron chi connectivity index (χ2n) is 10.7. The Morgan fingerprint density at radius 2 is 1.78 bits per heavy atom. The summed E-state index contributed by atoms with van der Waals surface area (Å²) in [6, 6.07) is -1.00. The maximum absolute atomic E-state index is 13.6. The maximum atomic E-state index is 13.6. The molecule has 1 aliphatic rings. The molecule has 0 spiro atoms. The second kappa shape index (κ2) is 11.8. The number of carboxylic acids is 1. The molecular formula is C25H45N3O4. The van der Waals surface area contributed by atoms with Gasteiger partial charge in [-0.25, -0.2) is 4.79 Å². The van der Waals surface area contributed by atoms with Crippen molar-refractivity contribution in [3.05, 3.63) is 11.6 Å². The molecule has 0 aromatic heterocycles. The van der Waals surface area contributed by atoms with Crippen molar-refractivity contribution in [2.75, 3.05) is 13.6 Å². The highest BCUT2D eigenvalue weighted by Gasteiger charge is 2.40. The molecule has 2 amide bonds. The number of aliphatic carboxylic acids is 1. The fourth-order valence-electron chi connectivity index (χ4n) is 4.31. The van der Waals surface area contributed by atoms with E-state index in [-0.39, 0.29) is 35.4 Å². The number of rotatable bonds is 9. The number of carbonyl (C=O) groups is 3. The van der Waals surface area contributed by atoms with Gasteiger partial charge in [0.1, 0.15) is 6.04 Å². The van der Waals surface area contributed by atoms with Crippen LogP contribution in [-0.2, 0) is 14.4 Å². The molecule has 7 nitrogen and oxygen atoms in total. The molecule has 1 heterocycles. The molecule has 0 saturated carbocycles. The summed E-state index contributed by atoms with van der Waals surface area (Å²) in [6.07, 6.45) is 5.49. The van der Waals surface area contributed by atoms with Crippen LogP contribution in [0.5, 0.6) is 0 Å². The lowest BCUT2D eigenvalue weighted by atomic mass is 9.84. The third kappa shape index (κ3) is 7.32. The van der Waals surface area contributed by atoms with Gasteiger partial charge in [0.15, 0.2) is 0 Å². The summed E-state index contributed by atoms with van der Waals surface area (Å²) in [6.45, 7) is 16.5. The Balaban J connectivity index is 3.16. The second-order valence-corrected chi connectivity index (χ2v) is 10.7. The van der Waals surface area contributed by atoms with E-state index in [0.717, 1.165) is 32.2 Å². The largest absolute Gasteiger partial charge is 0.478 e. The predicted molar refractivity (Wildman–Crippen MR) is 128 cm³/mol. The molecule has 0 bridgehead atoms. The lowest BCUT2D eigenvalue weighted by molar-refractivity contribution is -0.142. The minimum Gasteiger partial charge on any atom is -0.478 e. The smallest absolute Gasteiger partial charge is 0.331 e. The molecule has 1 saturated heterocycles. The fraction of sp³-hybridized carbons (Fsp3) is 0.800. The molecular weight excluding hydrogens is 406 g/mol. The number of hydrogen-bond acceptors (Lipinski definition) is 4. The number of nitrogens with zero attached hydrogens (tertiary/aromatic N) is 2. The van der Waals surface area contributed by atoms with E-state index in [2.05, 4.69) is 24.1 Å². The summed E-state index contributed by atoms with van der Waals surface area (Å²) < 4.78 is 0. The van der Waals surface area contributed by atoms with Crippen LogP contribution < -0.4 is 5.32 Å². The summed E-state index contributed by atoms with van der Waals surface area (Å²) in [4.78, 5) is 42.2. The van der Waals surface area contributed by atoms with Crippen molar-refractivity contribution in [1.82, 2.24) is 15.1 Å². The lowest BCUT2D eigenvalue weighted by Gasteiger charge is -2.41. The lowest BCUT2D eigenvalue weighted by Crippen LogP contribution is -2.60. The van der Waals surface area contributed by atoms with Gasteiger partial charge in [-0.05, 0) is 51.0 Å². The van der Waals surface area contributed by atoms with Gasteiger partial charge in [0, 0.05) is 18.7 Å². The van der Waals surface area contributed by atoms with Crippen molar-refractivity contribution >= 4 is 17.8 Å². The normalized spacial score (nSPS) is 21.1. The number of nitrogens with one attached hydrogen (secondary N) is 1. The quantitative estimate of drug-likeness (QED) is 0.522. The summed E-state index contributed by atoms with van der Waals surface area (Å²) in [7, 11) is 1.69. The van der Waals surface area contributed by atoms with Gasteiger partial charge in [0.2, 0.25) is 11.8 Å². The Morgan fingerprint density at radius 1 is 1.19 bits per heavy atom. The van der Waals surface area contributed by atoms with Gasteiger partial charge in [-0.1, -0.05) is 54.0 Å². The Hall–Kier alpha value is -1.89. The first-order chi connectivity index (χ1) is 14.7. The molecule has 0 aliphatic carbocycles. The Bertz CT molecular complexity index is 696. The van der Waals surface area contributed by atoms with Crippen molar-refractivity contribution in [3.8, 4) is 0 Å². The number of likely N-dealkylation sites (N-methyl/N-ethyl adjacent to an activating group) is 1. The monoisotopic (exact) mass is 451 g/mol. The highest BCUT2D eigenvalue weighted by atomic mass is 16.4. The third-order valence-electron chi connectivity index (χ3n) is 6.64. The highest BCUT2D eigenvalue weighted by molar-refractivity contribution is 5.91. The Morgan fingerprint density at radius 3 is 2.25 bits per heavy atom. The average molecular weight is 452 g/mol. The number of piperidine rings is 1. The molecule has 0 aromatic carbocycles. The van der Waals surface area contributed by atoms with E-state index in [4.69, 9.17) is 0 Å². The first kappa shape index (κ1) is 28.1. The molecule has 184 valence electrons. The third-order valence-corrected chi connectivity index (χ3v) is 6.64. The summed E-state index contributed by atoms with van der Waals surface area (Å²) in [5, 5.41) is 12.4. The number of amides is 2. The van der Waals surface area contributed by atoms with Crippen LogP contribution in [0.1, 0.15) is 81.1 Å². The molecule has 2 N–H and O–H groups in total.